The Morgan fingerprint density at radius 2 is 1.38 bits per heavy atom. The number of rotatable bonds is 5. The maximum absolute atomic E-state index is 11.2. The number of amides is 1. The van der Waals surface area contributed by atoms with Crippen LogP contribution in [0.15, 0.2) is 48.5 Å². The number of nitrogens with zero attached hydrogens (tertiary/aromatic N) is 1. The number of benzene rings is 3. The molecule has 1 heterocycles. The normalized spacial score (nSPS) is 11.0. The number of anilines is 2. The molecule has 0 bridgehead atoms. The Kier molecular flexibility index (Phi) is 5.99. The van der Waals surface area contributed by atoms with Gasteiger partial charge in [0.2, 0.25) is 0 Å². The van der Waals surface area contributed by atoms with Gasteiger partial charge in [0, 0.05) is 29.9 Å². The molecular formula is C27H29N3O2. The Morgan fingerprint density at radius 3 is 1.91 bits per heavy atom. The lowest BCUT2D eigenvalue weighted by Crippen LogP contribution is -2.20. The Hall–Kier alpha value is -3.60. The number of aryl methyl sites for hydroxylation is 4. The molecule has 0 spiro atoms. The molecule has 0 radical (unpaired) electrons. The predicted octanol–water partition coefficient (Wildman–Crippen LogP) is 6.26. The topological polar surface area (TPSA) is 63.2 Å². The van der Waals surface area contributed by atoms with Crippen molar-refractivity contribution in [3.05, 3.63) is 76.3 Å². The van der Waals surface area contributed by atoms with Gasteiger partial charge in [-0.15, -0.1) is 0 Å². The van der Waals surface area contributed by atoms with Crippen LogP contribution in [-0.2, 0) is 11.2 Å². The summed E-state index contributed by atoms with van der Waals surface area (Å²) in [6.45, 7) is 8.88. The van der Waals surface area contributed by atoms with Gasteiger partial charge in [-0.25, -0.2) is 9.78 Å². The SMILES string of the molecule is CNC(=O)OCCc1ccc(Nc2c3cc(C)c(C)cc3nc3cc(C)c(C)cc23)cc1. The molecule has 0 saturated carbocycles. The maximum Gasteiger partial charge on any atom is 0.406 e. The van der Waals surface area contributed by atoms with E-state index in [2.05, 4.69) is 86.9 Å². The zero-order valence-corrected chi connectivity index (χ0v) is 19.3. The monoisotopic (exact) mass is 427 g/mol. The molecule has 164 valence electrons. The lowest BCUT2D eigenvalue weighted by molar-refractivity contribution is 0.150. The Morgan fingerprint density at radius 1 is 0.844 bits per heavy atom. The van der Waals surface area contributed by atoms with Gasteiger partial charge in [0.15, 0.2) is 0 Å². The summed E-state index contributed by atoms with van der Waals surface area (Å²) in [7, 11) is 1.56. The highest BCUT2D eigenvalue weighted by atomic mass is 16.5. The van der Waals surface area contributed by atoms with E-state index < -0.39 is 6.09 Å². The zero-order valence-electron chi connectivity index (χ0n) is 19.3. The molecule has 0 saturated heterocycles. The first kappa shape index (κ1) is 21.6. The summed E-state index contributed by atoms with van der Waals surface area (Å²) in [5, 5.41) is 8.35. The average molecular weight is 428 g/mol. The lowest BCUT2D eigenvalue weighted by Gasteiger charge is -2.16. The van der Waals surface area contributed by atoms with Crippen molar-refractivity contribution in [3.8, 4) is 0 Å². The van der Waals surface area contributed by atoms with E-state index in [1.165, 1.54) is 22.3 Å². The Balaban J connectivity index is 1.71. The summed E-state index contributed by atoms with van der Waals surface area (Å²) in [5.41, 5.74) is 10.2. The summed E-state index contributed by atoms with van der Waals surface area (Å²) < 4.78 is 5.09. The van der Waals surface area contributed by atoms with E-state index in [0.29, 0.717) is 13.0 Å². The van der Waals surface area contributed by atoms with Crippen LogP contribution >= 0.6 is 0 Å². The molecule has 1 amide bonds. The van der Waals surface area contributed by atoms with Crippen LogP contribution in [0.1, 0.15) is 27.8 Å². The van der Waals surface area contributed by atoms with Crippen molar-refractivity contribution in [3.63, 3.8) is 0 Å². The fraction of sp³-hybridized carbons (Fsp3) is 0.259. The van der Waals surface area contributed by atoms with Crippen LogP contribution in [0.4, 0.5) is 16.2 Å². The van der Waals surface area contributed by atoms with Gasteiger partial charge in [0.1, 0.15) is 0 Å². The fourth-order valence-corrected chi connectivity index (χ4v) is 3.83. The van der Waals surface area contributed by atoms with Crippen LogP contribution in [0.2, 0.25) is 0 Å². The minimum Gasteiger partial charge on any atom is -0.449 e. The van der Waals surface area contributed by atoms with Crippen molar-refractivity contribution >= 4 is 39.3 Å². The van der Waals surface area contributed by atoms with Crippen LogP contribution in [0.5, 0.6) is 0 Å². The molecule has 1 aromatic heterocycles. The van der Waals surface area contributed by atoms with Gasteiger partial charge in [-0.3, -0.25) is 0 Å². The summed E-state index contributed by atoms with van der Waals surface area (Å²) in [5.74, 6) is 0. The van der Waals surface area contributed by atoms with E-state index in [1.807, 2.05) is 0 Å². The smallest absolute Gasteiger partial charge is 0.406 e. The minimum absolute atomic E-state index is 0.351. The van der Waals surface area contributed by atoms with E-state index in [1.54, 1.807) is 7.05 Å². The number of ether oxygens (including phenoxy) is 1. The molecule has 0 aliphatic heterocycles. The first-order valence-electron chi connectivity index (χ1n) is 10.9. The number of hydrogen-bond donors (Lipinski definition) is 2. The molecule has 0 aliphatic carbocycles. The number of nitrogens with one attached hydrogen (secondary N) is 2. The van der Waals surface area contributed by atoms with E-state index in [4.69, 9.17) is 9.72 Å². The first-order chi connectivity index (χ1) is 15.4. The Labute approximate surface area is 188 Å². The number of carbonyl (C=O) groups excluding carboxylic acids is 1. The van der Waals surface area contributed by atoms with E-state index in [-0.39, 0.29) is 0 Å². The van der Waals surface area contributed by atoms with Gasteiger partial charge in [-0.2, -0.15) is 0 Å². The molecule has 5 nitrogen and oxygen atoms in total. The van der Waals surface area contributed by atoms with Gasteiger partial charge in [0.05, 0.1) is 23.3 Å². The standard InChI is InChI=1S/C27H29N3O2/c1-16-12-22-24(14-18(16)3)30-25-15-19(4)17(2)13-23(25)26(22)29-21-8-6-20(7-9-21)10-11-32-27(31)28-5/h6-9,12-15H,10-11H2,1-5H3,(H,28,31)(H,29,30). The fourth-order valence-electron chi connectivity index (χ4n) is 3.83. The second-order valence-electron chi connectivity index (χ2n) is 8.35. The number of fused-ring (bicyclic) bond motifs is 2. The van der Waals surface area contributed by atoms with Gasteiger partial charge in [-0.1, -0.05) is 12.1 Å². The van der Waals surface area contributed by atoms with Gasteiger partial charge in [0.25, 0.3) is 0 Å². The van der Waals surface area contributed by atoms with Crippen molar-refractivity contribution < 1.29 is 9.53 Å². The molecule has 0 aliphatic rings. The number of pyridine rings is 1. The molecule has 32 heavy (non-hydrogen) atoms. The first-order valence-corrected chi connectivity index (χ1v) is 10.9. The van der Waals surface area contributed by atoms with Crippen molar-refractivity contribution in [1.82, 2.24) is 10.3 Å². The number of alkyl carbamates (subject to hydrolysis) is 1. The number of hydrogen-bond acceptors (Lipinski definition) is 4. The van der Waals surface area contributed by atoms with Crippen molar-refractivity contribution in [2.45, 2.75) is 34.1 Å². The van der Waals surface area contributed by atoms with Crippen LogP contribution in [0.3, 0.4) is 0 Å². The summed E-state index contributed by atoms with van der Waals surface area (Å²) in [6.07, 6.45) is 0.266. The highest BCUT2D eigenvalue weighted by Gasteiger charge is 2.13. The molecule has 2 N–H and O–H groups in total. The summed E-state index contributed by atoms with van der Waals surface area (Å²) in [6, 6.07) is 17.0. The van der Waals surface area contributed by atoms with E-state index in [0.717, 1.165) is 38.7 Å². The summed E-state index contributed by atoms with van der Waals surface area (Å²) >= 11 is 0. The molecule has 4 aromatic rings. The highest BCUT2D eigenvalue weighted by molar-refractivity contribution is 6.09. The summed E-state index contributed by atoms with van der Waals surface area (Å²) in [4.78, 5) is 16.2. The van der Waals surface area contributed by atoms with Crippen LogP contribution < -0.4 is 10.6 Å². The van der Waals surface area contributed by atoms with Gasteiger partial charge >= 0.3 is 6.09 Å². The minimum atomic E-state index is -0.407. The van der Waals surface area contributed by atoms with Gasteiger partial charge in [-0.05, 0) is 91.9 Å². The van der Waals surface area contributed by atoms with Crippen molar-refractivity contribution in [1.29, 1.82) is 0 Å². The van der Waals surface area contributed by atoms with Crippen molar-refractivity contribution in [2.24, 2.45) is 0 Å². The zero-order chi connectivity index (χ0) is 22.8. The average Bonchev–Trinajstić information content (AvgIpc) is 2.77. The van der Waals surface area contributed by atoms with E-state index in [9.17, 15) is 4.79 Å². The lowest BCUT2D eigenvalue weighted by atomic mass is 9.99. The number of carbonyl (C=O) groups is 1. The third-order valence-corrected chi connectivity index (χ3v) is 6.05. The Bertz CT molecular complexity index is 1240. The third-order valence-electron chi connectivity index (χ3n) is 6.05. The molecule has 4 rings (SSSR count). The largest absolute Gasteiger partial charge is 0.449 e. The molecule has 0 unspecified atom stereocenters. The van der Waals surface area contributed by atoms with Crippen LogP contribution in [-0.4, -0.2) is 24.7 Å². The second-order valence-corrected chi connectivity index (χ2v) is 8.35. The quantitative estimate of drug-likeness (QED) is 0.369. The maximum atomic E-state index is 11.2. The number of aromatic nitrogens is 1. The van der Waals surface area contributed by atoms with Crippen LogP contribution in [0.25, 0.3) is 21.8 Å². The molecule has 0 fully saturated rings. The van der Waals surface area contributed by atoms with Crippen molar-refractivity contribution in [2.75, 3.05) is 19.0 Å². The second kappa shape index (κ2) is 8.87. The van der Waals surface area contributed by atoms with Crippen LogP contribution in [0, 0.1) is 27.7 Å². The van der Waals surface area contributed by atoms with E-state index >= 15 is 0 Å². The molecule has 3 aromatic carbocycles. The van der Waals surface area contributed by atoms with Gasteiger partial charge < -0.3 is 15.4 Å². The predicted molar refractivity (Wildman–Crippen MR) is 132 cm³/mol. The highest BCUT2D eigenvalue weighted by Crippen LogP contribution is 2.35. The molecule has 0 atom stereocenters. The molecule has 5 heteroatoms. The molecular weight excluding hydrogens is 398 g/mol. The third kappa shape index (κ3) is 4.37.